The Hall–Kier alpha value is -2.46. The van der Waals surface area contributed by atoms with Crippen LogP contribution in [0.2, 0.25) is 0 Å². The van der Waals surface area contributed by atoms with E-state index in [4.69, 9.17) is 0 Å². The molecule has 0 atom stereocenters. The molecule has 0 fully saturated rings. The highest BCUT2D eigenvalue weighted by molar-refractivity contribution is 5.95. The van der Waals surface area contributed by atoms with Crippen LogP contribution in [-0.2, 0) is 6.54 Å². The van der Waals surface area contributed by atoms with Crippen molar-refractivity contribution >= 4 is 17.1 Å². The molecule has 0 unspecified atom stereocenters. The van der Waals surface area contributed by atoms with Gasteiger partial charge in [-0.15, -0.1) is 5.53 Å². The topological polar surface area (TPSA) is 30.5 Å². The molecule has 0 aromatic heterocycles. The molecule has 4 nitrogen and oxygen atoms in total. The second-order valence-corrected chi connectivity index (χ2v) is 7.32. The predicted octanol–water partition coefficient (Wildman–Crippen LogP) is 3.97. The van der Waals surface area contributed by atoms with E-state index in [0.717, 1.165) is 12.2 Å². The number of hydrogen-bond acceptors (Lipinski definition) is 4. The van der Waals surface area contributed by atoms with Gasteiger partial charge in [0.05, 0.1) is 11.4 Å². The van der Waals surface area contributed by atoms with Crippen molar-refractivity contribution < 1.29 is 0 Å². The predicted molar refractivity (Wildman–Crippen MR) is 104 cm³/mol. The van der Waals surface area contributed by atoms with Gasteiger partial charge in [-0.25, -0.2) is 0 Å². The first-order valence-electron chi connectivity index (χ1n) is 9.07. The summed E-state index contributed by atoms with van der Waals surface area (Å²) < 4.78 is 0. The van der Waals surface area contributed by atoms with E-state index in [2.05, 4.69) is 97.1 Å². The van der Waals surface area contributed by atoms with Gasteiger partial charge in [0, 0.05) is 35.4 Å². The summed E-state index contributed by atoms with van der Waals surface area (Å²) in [5, 5.41) is 2.23. The maximum absolute atomic E-state index is 3.44. The zero-order valence-electron chi connectivity index (χ0n) is 15.4. The fourth-order valence-corrected chi connectivity index (χ4v) is 3.75. The first-order valence-corrected chi connectivity index (χ1v) is 9.07. The van der Waals surface area contributed by atoms with Gasteiger partial charge in [0.25, 0.3) is 0 Å². The molecule has 130 valence electrons. The Bertz CT molecular complexity index is 822. The van der Waals surface area contributed by atoms with Gasteiger partial charge in [0.1, 0.15) is 0 Å². The van der Waals surface area contributed by atoms with E-state index in [9.17, 15) is 0 Å². The molecule has 4 rings (SSSR count). The van der Waals surface area contributed by atoms with Crippen molar-refractivity contribution in [3.63, 3.8) is 0 Å². The molecule has 4 heteroatoms. The van der Waals surface area contributed by atoms with Crippen LogP contribution >= 0.6 is 0 Å². The molecule has 2 aromatic rings. The Labute approximate surface area is 150 Å². The smallest absolute Gasteiger partial charge is 0.0868 e. The summed E-state index contributed by atoms with van der Waals surface area (Å²) in [5.41, 5.74) is 14.4. The SMILES string of the molecule is CC(C)N1NNC2=C1c1ccccc1CN(C(C)C)c1ccccc12. The summed E-state index contributed by atoms with van der Waals surface area (Å²) in [5.74, 6) is 0. The number of para-hydroxylation sites is 1. The molecule has 0 bridgehead atoms. The molecule has 2 N–H and O–H groups in total. The van der Waals surface area contributed by atoms with E-state index in [1.54, 1.807) is 0 Å². The molecule has 0 spiro atoms. The second kappa shape index (κ2) is 6.12. The Morgan fingerprint density at radius 2 is 1.52 bits per heavy atom. The van der Waals surface area contributed by atoms with E-state index in [-0.39, 0.29) is 0 Å². The number of rotatable bonds is 2. The molecule has 0 saturated carbocycles. The van der Waals surface area contributed by atoms with Crippen molar-refractivity contribution in [2.75, 3.05) is 4.90 Å². The number of nitrogens with zero attached hydrogens (tertiary/aromatic N) is 2. The van der Waals surface area contributed by atoms with Gasteiger partial charge in [0.15, 0.2) is 0 Å². The third-order valence-electron chi connectivity index (χ3n) is 5.01. The average Bonchev–Trinajstić information content (AvgIpc) is 3.03. The van der Waals surface area contributed by atoms with Gasteiger partial charge < -0.3 is 10.3 Å². The zero-order chi connectivity index (χ0) is 17.6. The van der Waals surface area contributed by atoms with Gasteiger partial charge in [-0.3, -0.25) is 5.01 Å². The van der Waals surface area contributed by atoms with Crippen LogP contribution in [0.4, 0.5) is 5.69 Å². The summed E-state index contributed by atoms with van der Waals surface area (Å²) in [4.78, 5) is 2.48. The Morgan fingerprint density at radius 1 is 0.840 bits per heavy atom. The minimum Gasteiger partial charge on any atom is -0.364 e. The maximum Gasteiger partial charge on any atom is 0.0868 e. The number of hydrazine groups is 2. The number of fused-ring (bicyclic) bond motifs is 4. The number of hydrogen-bond donors (Lipinski definition) is 2. The Balaban J connectivity index is 2.02. The number of benzene rings is 2. The Morgan fingerprint density at radius 3 is 2.24 bits per heavy atom. The van der Waals surface area contributed by atoms with Gasteiger partial charge >= 0.3 is 0 Å². The molecule has 2 aliphatic rings. The van der Waals surface area contributed by atoms with Crippen molar-refractivity contribution in [1.82, 2.24) is 16.0 Å². The molecule has 2 aliphatic heterocycles. The van der Waals surface area contributed by atoms with E-state index in [1.807, 2.05) is 0 Å². The van der Waals surface area contributed by atoms with Gasteiger partial charge in [-0.1, -0.05) is 42.5 Å². The molecule has 0 radical (unpaired) electrons. The van der Waals surface area contributed by atoms with Crippen molar-refractivity contribution in [3.8, 4) is 0 Å². The van der Waals surface area contributed by atoms with Crippen LogP contribution < -0.4 is 15.9 Å². The lowest BCUT2D eigenvalue weighted by Crippen LogP contribution is -2.41. The molecule has 2 aromatic carbocycles. The summed E-state index contributed by atoms with van der Waals surface area (Å²) in [7, 11) is 0. The van der Waals surface area contributed by atoms with Crippen molar-refractivity contribution in [2.24, 2.45) is 0 Å². The standard InChI is InChI=1S/C21H26N4/c1-14(2)24-13-16-9-5-6-10-17(16)21-20(22-23-25(21)15(3)4)18-11-7-8-12-19(18)24/h5-12,14-15,22-23H,13H2,1-4H3. The highest BCUT2D eigenvalue weighted by Gasteiger charge is 2.32. The fraction of sp³-hybridized carbons (Fsp3) is 0.333. The lowest BCUT2D eigenvalue weighted by molar-refractivity contribution is 0.237. The average molecular weight is 334 g/mol. The molecular weight excluding hydrogens is 308 g/mol. The molecular formula is C21H26N4. The van der Waals surface area contributed by atoms with E-state index >= 15 is 0 Å². The lowest BCUT2D eigenvalue weighted by Gasteiger charge is -2.34. The van der Waals surface area contributed by atoms with Crippen LogP contribution in [0.15, 0.2) is 48.5 Å². The summed E-state index contributed by atoms with van der Waals surface area (Å²) in [6.07, 6.45) is 0. The second-order valence-electron chi connectivity index (χ2n) is 7.32. The summed E-state index contributed by atoms with van der Waals surface area (Å²) >= 11 is 0. The minimum atomic E-state index is 0.348. The van der Waals surface area contributed by atoms with Crippen LogP contribution in [0.25, 0.3) is 11.4 Å². The summed E-state index contributed by atoms with van der Waals surface area (Å²) in [6, 6.07) is 18.2. The molecule has 0 saturated heterocycles. The number of nitrogens with one attached hydrogen (secondary N) is 2. The van der Waals surface area contributed by atoms with E-state index < -0.39 is 0 Å². The van der Waals surface area contributed by atoms with Crippen molar-refractivity contribution in [1.29, 1.82) is 0 Å². The first-order chi connectivity index (χ1) is 12.1. The van der Waals surface area contributed by atoms with Crippen molar-refractivity contribution in [3.05, 3.63) is 65.2 Å². The third-order valence-corrected chi connectivity index (χ3v) is 5.01. The van der Waals surface area contributed by atoms with Crippen LogP contribution in [0, 0.1) is 0 Å². The zero-order valence-corrected chi connectivity index (χ0v) is 15.4. The first kappa shape index (κ1) is 16.0. The quantitative estimate of drug-likeness (QED) is 0.870. The maximum atomic E-state index is 3.44. The van der Waals surface area contributed by atoms with E-state index in [1.165, 1.54) is 28.1 Å². The van der Waals surface area contributed by atoms with Crippen LogP contribution in [0.1, 0.15) is 44.4 Å². The van der Waals surface area contributed by atoms with E-state index in [0.29, 0.717) is 12.1 Å². The highest BCUT2D eigenvalue weighted by Crippen LogP contribution is 2.40. The lowest BCUT2D eigenvalue weighted by atomic mass is 9.95. The monoisotopic (exact) mass is 334 g/mol. The third kappa shape index (κ3) is 2.57. The molecule has 0 amide bonds. The van der Waals surface area contributed by atoms with Crippen LogP contribution in [0.3, 0.4) is 0 Å². The minimum absolute atomic E-state index is 0.348. The Kier molecular flexibility index (Phi) is 3.92. The van der Waals surface area contributed by atoms with Crippen LogP contribution in [-0.4, -0.2) is 17.1 Å². The van der Waals surface area contributed by atoms with Gasteiger partial charge in [-0.2, -0.15) is 0 Å². The molecule has 2 heterocycles. The normalized spacial score (nSPS) is 16.4. The highest BCUT2D eigenvalue weighted by atomic mass is 15.7. The van der Waals surface area contributed by atoms with Gasteiger partial charge in [0.2, 0.25) is 0 Å². The van der Waals surface area contributed by atoms with Gasteiger partial charge in [-0.05, 0) is 39.3 Å². The van der Waals surface area contributed by atoms with Crippen molar-refractivity contribution in [2.45, 2.75) is 46.3 Å². The summed E-state index contributed by atoms with van der Waals surface area (Å²) in [6.45, 7) is 9.85. The number of anilines is 1. The molecule has 0 aliphatic carbocycles. The largest absolute Gasteiger partial charge is 0.364 e. The fourth-order valence-electron chi connectivity index (χ4n) is 3.75. The van der Waals surface area contributed by atoms with Crippen LogP contribution in [0.5, 0.6) is 0 Å². The molecule has 25 heavy (non-hydrogen) atoms.